The number of halogens is 1. The number of rotatable bonds is 8. The molecule has 1 amide bonds. The SMILES string of the molecule is COC(=O)Nc1ccc(-c2cnn([C@H](CC3CC3)c3ccc(-c4cc(Cl)ccc4-[n+]4cnn[nH]4)cn3)c2)cc1. The molecule has 5 aromatic rings. The van der Waals surface area contributed by atoms with Crippen molar-refractivity contribution in [1.29, 1.82) is 0 Å². The molecule has 3 heterocycles. The Hall–Kier alpha value is -4.57. The fourth-order valence-electron chi connectivity index (χ4n) is 4.61. The third-order valence-corrected chi connectivity index (χ3v) is 7.09. The van der Waals surface area contributed by atoms with Gasteiger partial charge in [0.1, 0.15) is 10.8 Å². The molecule has 1 atom stereocenters. The van der Waals surface area contributed by atoms with Crippen molar-refractivity contribution < 1.29 is 14.2 Å². The highest BCUT2D eigenvalue weighted by Gasteiger charge is 2.29. The largest absolute Gasteiger partial charge is 0.453 e. The second kappa shape index (κ2) is 10.7. The fraction of sp³-hybridized carbons (Fsp3) is 0.214. The molecule has 2 N–H and O–H groups in total. The number of tetrazole rings is 1. The van der Waals surface area contributed by atoms with E-state index in [1.165, 1.54) is 20.0 Å². The quantitative estimate of drug-likeness (QED) is 0.260. The summed E-state index contributed by atoms with van der Waals surface area (Å²) >= 11 is 6.34. The van der Waals surface area contributed by atoms with E-state index in [0.717, 1.165) is 40.1 Å². The van der Waals surface area contributed by atoms with Gasteiger partial charge in [-0.3, -0.25) is 15.0 Å². The molecule has 0 unspecified atom stereocenters. The molecular weight excluding hydrogens is 516 g/mol. The zero-order valence-corrected chi connectivity index (χ0v) is 21.9. The van der Waals surface area contributed by atoms with Crippen molar-refractivity contribution in [2.75, 3.05) is 12.4 Å². The maximum absolute atomic E-state index is 11.5. The average Bonchev–Trinajstić information content (AvgIpc) is 3.39. The van der Waals surface area contributed by atoms with Gasteiger partial charge in [0, 0.05) is 39.8 Å². The lowest BCUT2D eigenvalue weighted by Gasteiger charge is -2.17. The first-order chi connectivity index (χ1) is 19.1. The number of nitrogens with zero attached hydrogens (tertiary/aromatic N) is 6. The number of benzene rings is 2. The lowest BCUT2D eigenvalue weighted by atomic mass is 10.0. The van der Waals surface area contributed by atoms with Crippen molar-refractivity contribution in [1.82, 2.24) is 30.3 Å². The minimum atomic E-state index is -0.499. The highest BCUT2D eigenvalue weighted by atomic mass is 35.5. The van der Waals surface area contributed by atoms with Gasteiger partial charge in [0.25, 0.3) is 6.33 Å². The molecule has 0 radical (unpaired) electrons. The second-order valence-corrected chi connectivity index (χ2v) is 9.97. The van der Waals surface area contributed by atoms with E-state index in [0.29, 0.717) is 16.6 Å². The Morgan fingerprint density at radius 2 is 1.95 bits per heavy atom. The van der Waals surface area contributed by atoms with Crippen LogP contribution in [-0.2, 0) is 4.74 Å². The van der Waals surface area contributed by atoms with Gasteiger partial charge in [0.05, 0.1) is 25.0 Å². The topological polar surface area (TPSA) is 114 Å². The van der Waals surface area contributed by atoms with E-state index in [2.05, 4.69) is 43.9 Å². The maximum Gasteiger partial charge on any atom is 0.411 e. The molecule has 0 aliphatic heterocycles. The summed E-state index contributed by atoms with van der Waals surface area (Å²) < 4.78 is 8.40. The summed E-state index contributed by atoms with van der Waals surface area (Å²) in [4.78, 5) is 16.4. The third-order valence-electron chi connectivity index (χ3n) is 6.86. The third kappa shape index (κ3) is 5.51. The summed E-state index contributed by atoms with van der Waals surface area (Å²) in [6, 6.07) is 17.4. The van der Waals surface area contributed by atoms with Crippen LogP contribution in [-0.4, -0.2) is 43.5 Å². The molecule has 10 nitrogen and oxygen atoms in total. The number of anilines is 1. The number of carbonyl (C=O) groups excluding carboxylic acids is 1. The van der Waals surface area contributed by atoms with Crippen LogP contribution < -0.4 is 10.00 Å². The van der Waals surface area contributed by atoms with E-state index in [4.69, 9.17) is 21.7 Å². The van der Waals surface area contributed by atoms with Gasteiger partial charge in [-0.2, -0.15) is 5.10 Å². The number of carbonyl (C=O) groups is 1. The first kappa shape index (κ1) is 24.7. The van der Waals surface area contributed by atoms with E-state index in [9.17, 15) is 4.79 Å². The Labute approximate surface area is 229 Å². The van der Waals surface area contributed by atoms with Gasteiger partial charge in [-0.25, -0.2) is 4.79 Å². The number of pyridine rings is 1. The van der Waals surface area contributed by atoms with Crippen molar-refractivity contribution in [2.45, 2.75) is 25.3 Å². The standard InChI is InChI=1S/C28H25ClN8O2/c1-39-28(38)33-23-8-4-19(5-9-23)21-15-32-36(16-21)27(12-18-2-3-18)25-10-6-20(14-30-25)24-13-22(29)7-11-26(24)37-17-31-34-35-37/h4-11,13-18,27H,2-3,12H2,1H3,(H,33,38)/p+1/t27-/m1/s1. The molecule has 0 spiro atoms. The Bertz CT molecular complexity index is 1580. The van der Waals surface area contributed by atoms with Gasteiger partial charge in [0.15, 0.2) is 5.21 Å². The van der Waals surface area contributed by atoms with Crippen molar-refractivity contribution >= 4 is 23.4 Å². The van der Waals surface area contributed by atoms with Crippen LogP contribution in [0.2, 0.25) is 5.02 Å². The summed E-state index contributed by atoms with van der Waals surface area (Å²) in [6.45, 7) is 0. The van der Waals surface area contributed by atoms with E-state index in [1.807, 2.05) is 59.5 Å². The number of ether oxygens (including phenoxy) is 1. The maximum atomic E-state index is 11.5. The monoisotopic (exact) mass is 541 g/mol. The zero-order valence-electron chi connectivity index (χ0n) is 21.2. The fourth-order valence-corrected chi connectivity index (χ4v) is 4.78. The van der Waals surface area contributed by atoms with E-state index in [-0.39, 0.29) is 6.04 Å². The van der Waals surface area contributed by atoms with Crippen LogP contribution in [0.5, 0.6) is 0 Å². The van der Waals surface area contributed by atoms with Crippen LogP contribution >= 0.6 is 11.6 Å². The Morgan fingerprint density at radius 1 is 1.13 bits per heavy atom. The Balaban J connectivity index is 1.27. The van der Waals surface area contributed by atoms with Gasteiger partial charge < -0.3 is 4.74 Å². The predicted molar refractivity (Wildman–Crippen MR) is 145 cm³/mol. The molecule has 3 aromatic heterocycles. The lowest BCUT2D eigenvalue weighted by Crippen LogP contribution is -2.32. The van der Waals surface area contributed by atoms with Gasteiger partial charge in [0.2, 0.25) is 0 Å². The highest BCUT2D eigenvalue weighted by Crippen LogP contribution is 2.39. The molecule has 1 aliphatic carbocycles. The van der Waals surface area contributed by atoms with E-state index >= 15 is 0 Å². The van der Waals surface area contributed by atoms with Gasteiger partial charge >= 0.3 is 6.09 Å². The van der Waals surface area contributed by atoms with E-state index in [1.54, 1.807) is 11.0 Å². The number of amides is 1. The number of hydrogen-bond donors (Lipinski definition) is 2. The Kier molecular flexibility index (Phi) is 6.76. The first-order valence-corrected chi connectivity index (χ1v) is 13.0. The van der Waals surface area contributed by atoms with E-state index < -0.39 is 6.09 Å². The smallest absolute Gasteiger partial charge is 0.411 e. The van der Waals surface area contributed by atoms with Gasteiger partial charge in [-0.05, 0) is 54.3 Å². The van der Waals surface area contributed by atoms with Crippen molar-refractivity contribution in [3.8, 4) is 27.9 Å². The summed E-state index contributed by atoms with van der Waals surface area (Å²) in [5, 5.41) is 18.6. The van der Waals surface area contributed by atoms with Gasteiger partial charge in [-0.15, -0.1) is 4.68 Å². The Morgan fingerprint density at radius 3 is 2.64 bits per heavy atom. The van der Waals surface area contributed by atoms with Crippen LogP contribution in [0.15, 0.2) is 79.5 Å². The summed E-state index contributed by atoms with van der Waals surface area (Å²) in [5.74, 6) is 0.677. The van der Waals surface area contributed by atoms with Crippen molar-refractivity contribution in [3.05, 3.63) is 90.2 Å². The molecule has 2 aromatic carbocycles. The van der Waals surface area contributed by atoms with Crippen molar-refractivity contribution in [2.24, 2.45) is 5.92 Å². The molecule has 1 aliphatic rings. The molecule has 39 heavy (non-hydrogen) atoms. The van der Waals surface area contributed by atoms with Crippen LogP contribution in [0.25, 0.3) is 27.9 Å². The molecular formula is C28H26ClN8O2+. The number of nitrogens with one attached hydrogen (secondary N) is 2. The summed E-state index contributed by atoms with van der Waals surface area (Å²) in [6.07, 6.45) is 10.4. The summed E-state index contributed by atoms with van der Waals surface area (Å²) in [7, 11) is 1.34. The molecule has 1 saturated carbocycles. The average molecular weight is 542 g/mol. The number of aromatic nitrogens is 7. The second-order valence-electron chi connectivity index (χ2n) is 9.53. The minimum absolute atomic E-state index is 0.0191. The molecule has 11 heteroatoms. The van der Waals surface area contributed by atoms with Gasteiger partial charge in [-0.1, -0.05) is 47.9 Å². The van der Waals surface area contributed by atoms with Crippen LogP contribution in [0.4, 0.5) is 10.5 Å². The number of aromatic amines is 1. The molecule has 0 saturated heterocycles. The van der Waals surface area contributed by atoms with Crippen LogP contribution in [0.3, 0.4) is 0 Å². The number of hydrogen-bond acceptors (Lipinski definition) is 6. The zero-order chi connectivity index (χ0) is 26.8. The molecule has 0 bridgehead atoms. The lowest BCUT2D eigenvalue weighted by molar-refractivity contribution is -0.659. The number of methoxy groups -OCH3 is 1. The predicted octanol–water partition coefficient (Wildman–Crippen LogP) is 5.23. The first-order valence-electron chi connectivity index (χ1n) is 12.6. The van der Waals surface area contributed by atoms with Crippen LogP contribution in [0.1, 0.15) is 31.0 Å². The number of H-pyrrole nitrogens is 1. The molecule has 6 rings (SSSR count). The molecule has 1 fully saturated rings. The van der Waals surface area contributed by atoms with Crippen LogP contribution in [0, 0.1) is 5.92 Å². The minimum Gasteiger partial charge on any atom is -0.453 e. The molecule has 196 valence electrons. The normalized spacial score (nSPS) is 13.7. The summed E-state index contributed by atoms with van der Waals surface area (Å²) in [5.41, 5.74) is 6.35. The van der Waals surface area contributed by atoms with Crippen molar-refractivity contribution in [3.63, 3.8) is 0 Å². The highest BCUT2D eigenvalue weighted by molar-refractivity contribution is 6.31.